The van der Waals surface area contributed by atoms with Crippen molar-refractivity contribution in [1.82, 2.24) is 4.90 Å². The molecule has 1 rings (SSSR count). The summed E-state index contributed by atoms with van der Waals surface area (Å²) in [6.45, 7) is 4.82. The minimum Gasteiger partial charge on any atom is -0.326 e. The molecule has 72 valence electrons. The first-order chi connectivity index (χ1) is 6.22. The van der Waals surface area contributed by atoms with E-state index in [0.717, 1.165) is 19.4 Å². The molecule has 1 amide bonds. The van der Waals surface area contributed by atoms with Crippen LogP contribution in [0.2, 0.25) is 0 Å². The van der Waals surface area contributed by atoms with E-state index in [9.17, 15) is 4.79 Å². The van der Waals surface area contributed by atoms with Crippen LogP contribution in [0.3, 0.4) is 0 Å². The molecule has 0 radical (unpaired) electrons. The number of rotatable bonds is 3. The molecule has 13 heavy (non-hydrogen) atoms. The van der Waals surface area contributed by atoms with Gasteiger partial charge in [0.05, 0.1) is 6.07 Å². The Hall–Kier alpha value is -1.04. The molecule has 0 aromatic rings. The van der Waals surface area contributed by atoms with Crippen molar-refractivity contribution in [2.45, 2.75) is 39.2 Å². The van der Waals surface area contributed by atoms with Gasteiger partial charge in [-0.2, -0.15) is 5.26 Å². The predicted octanol–water partition coefficient (Wildman–Crippen LogP) is 1.55. The van der Waals surface area contributed by atoms with Gasteiger partial charge in [0.15, 0.2) is 0 Å². The van der Waals surface area contributed by atoms with Gasteiger partial charge in [0.1, 0.15) is 6.04 Å². The Morgan fingerprint density at radius 3 is 2.77 bits per heavy atom. The molecule has 0 spiro atoms. The largest absolute Gasteiger partial charge is 0.326 e. The van der Waals surface area contributed by atoms with Gasteiger partial charge in [-0.1, -0.05) is 20.3 Å². The molecule has 0 saturated carbocycles. The molecule has 3 nitrogen and oxygen atoms in total. The van der Waals surface area contributed by atoms with Crippen molar-refractivity contribution >= 4 is 5.91 Å². The molecule has 1 saturated heterocycles. The molecule has 0 N–H and O–H groups in total. The summed E-state index contributed by atoms with van der Waals surface area (Å²) in [6, 6.07) is 1.97. The average Bonchev–Trinajstić information content (AvgIpc) is 2.50. The summed E-state index contributed by atoms with van der Waals surface area (Å²) in [6.07, 6.45) is 2.40. The molecule has 2 unspecified atom stereocenters. The molecule has 3 heteroatoms. The van der Waals surface area contributed by atoms with Crippen LogP contribution in [0.25, 0.3) is 0 Å². The fraction of sp³-hybridized carbons (Fsp3) is 0.800. The summed E-state index contributed by atoms with van der Waals surface area (Å²) < 4.78 is 0. The number of carbonyl (C=O) groups excluding carboxylic acids is 1. The maximum absolute atomic E-state index is 11.5. The molecule has 2 atom stereocenters. The van der Waals surface area contributed by atoms with Gasteiger partial charge in [0.2, 0.25) is 5.91 Å². The smallest absolute Gasteiger partial charge is 0.223 e. The highest BCUT2D eigenvalue weighted by Gasteiger charge is 2.32. The van der Waals surface area contributed by atoms with Crippen LogP contribution in [0, 0.1) is 17.2 Å². The zero-order chi connectivity index (χ0) is 9.84. The first-order valence-electron chi connectivity index (χ1n) is 4.92. The van der Waals surface area contributed by atoms with E-state index in [1.54, 1.807) is 4.90 Å². The lowest BCUT2D eigenvalue weighted by molar-refractivity contribution is -0.128. The van der Waals surface area contributed by atoms with Crippen LogP contribution in [0.4, 0.5) is 0 Å². The zero-order valence-electron chi connectivity index (χ0n) is 8.29. The Balaban J connectivity index is 2.62. The SMILES string of the molecule is CCC1CC(=O)N(C(C#N)CC)C1. The highest BCUT2D eigenvalue weighted by atomic mass is 16.2. The number of hydrogen-bond donors (Lipinski definition) is 0. The molecular formula is C10H16N2O. The van der Waals surface area contributed by atoms with Gasteiger partial charge >= 0.3 is 0 Å². The van der Waals surface area contributed by atoms with Gasteiger partial charge in [-0.3, -0.25) is 4.79 Å². The van der Waals surface area contributed by atoms with Crippen LogP contribution in [0.5, 0.6) is 0 Å². The van der Waals surface area contributed by atoms with Gasteiger partial charge < -0.3 is 4.90 Å². The van der Waals surface area contributed by atoms with Crippen molar-refractivity contribution in [3.05, 3.63) is 0 Å². The Labute approximate surface area is 79.3 Å². The van der Waals surface area contributed by atoms with E-state index in [1.807, 2.05) is 6.92 Å². The summed E-state index contributed by atoms with van der Waals surface area (Å²) in [5, 5.41) is 8.82. The maximum Gasteiger partial charge on any atom is 0.223 e. The topological polar surface area (TPSA) is 44.1 Å². The third-order valence-electron chi connectivity index (χ3n) is 2.73. The number of nitrogens with zero attached hydrogens (tertiary/aromatic N) is 2. The number of hydrogen-bond acceptors (Lipinski definition) is 2. The summed E-state index contributed by atoms with van der Waals surface area (Å²) in [5.41, 5.74) is 0. The number of nitriles is 1. The third-order valence-corrected chi connectivity index (χ3v) is 2.73. The molecular weight excluding hydrogens is 164 g/mol. The first kappa shape index (κ1) is 10.0. The zero-order valence-corrected chi connectivity index (χ0v) is 8.29. The van der Waals surface area contributed by atoms with Crippen LogP contribution in [0.1, 0.15) is 33.1 Å². The minimum absolute atomic E-state index is 0.153. The normalized spacial score (nSPS) is 24.5. The van der Waals surface area contributed by atoms with Crippen molar-refractivity contribution in [3.63, 3.8) is 0 Å². The molecule has 1 fully saturated rings. The van der Waals surface area contributed by atoms with Gasteiger partial charge in [-0.05, 0) is 12.3 Å². The lowest BCUT2D eigenvalue weighted by Gasteiger charge is -2.20. The van der Waals surface area contributed by atoms with Crippen LogP contribution in [-0.4, -0.2) is 23.4 Å². The molecule has 0 aliphatic carbocycles. The molecule has 0 aromatic carbocycles. The van der Waals surface area contributed by atoms with Crippen LogP contribution >= 0.6 is 0 Å². The van der Waals surface area contributed by atoms with Gasteiger partial charge in [-0.25, -0.2) is 0 Å². The van der Waals surface area contributed by atoms with Crippen LogP contribution in [-0.2, 0) is 4.79 Å². The van der Waals surface area contributed by atoms with E-state index in [-0.39, 0.29) is 11.9 Å². The highest BCUT2D eigenvalue weighted by molar-refractivity contribution is 5.79. The van der Waals surface area contributed by atoms with Crippen molar-refractivity contribution in [3.8, 4) is 6.07 Å². The lowest BCUT2D eigenvalue weighted by Crippen LogP contribution is -2.35. The fourth-order valence-corrected chi connectivity index (χ4v) is 1.76. The fourth-order valence-electron chi connectivity index (χ4n) is 1.76. The van der Waals surface area contributed by atoms with Crippen molar-refractivity contribution in [2.24, 2.45) is 5.92 Å². The second kappa shape index (κ2) is 4.27. The summed E-state index contributed by atoms with van der Waals surface area (Å²) in [4.78, 5) is 13.2. The molecule has 1 aliphatic rings. The standard InChI is InChI=1S/C10H16N2O/c1-3-8-5-10(13)12(7-8)9(4-2)6-11/h8-9H,3-5,7H2,1-2H3. The van der Waals surface area contributed by atoms with E-state index in [1.165, 1.54) is 0 Å². The number of likely N-dealkylation sites (tertiary alicyclic amines) is 1. The molecule has 0 aromatic heterocycles. The molecule has 0 bridgehead atoms. The summed E-state index contributed by atoms with van der Waals surface area (Å²) >= 11 is 0. The van der Waals surface area contributed by atoms with Crippen LogP contribution < -0.4 is 0 Å². The Morgan fingerprint density at radius 2 is 2.38 bits per heavy atom. The van der Waals surface area contributed by atoms with Gasteiger partial charge in [0.25, 0.3) is 0 Å². The highest BCUT2D eigenvalue weighted by Crippen LogP contribution is 2.23. The summed E-state index contributed by atoms with van der Waals surface area (Å²) in [7, 11) is 0. The molecule has 1 heterocycles. The number of carbonyl (C=O) groups is 1. The maximum atomic E-state index is 11.5. The predicted molar refractivity (Wildman–Crippen MR) is 49.8 cm³/mol. The van der Waals surface area contributed by atoms with Crippen molar-refractivity contribution < 1.29 is 4.79 Å². The minimum atomic E-state index is -0.205. The van der Waals surface area contributed by atoms with E-state index in [2.05, 4.69) is 13.0 Å². The second-order valence-corrected chi connectivity index (χ2v) is 3.58. The Morgan fingerprint density at radius 1 is 1.69 bits per heavy atom. The van der Waals surface area contributed by atoms with E-state index >= 15 is 0 Å². The Bertz CT molecular complexity index is 232. The van der Waals surface area contributed by atoms with Crippen molar-refractivity contribution in [1.29, 1.82) is 5.26 Å². The molecule has 1 aliphatic heterocycles. The Kier molecular flexibility index (Phi) is 3.30. The average molecular weight is 180 g/mol. The van der Waals surface area contributed by atoms with Gasteiger partial charge in [0, 0.05) is 13.0 Å². The lowest BCUT2D eigenvalue weighted by atomic mass is 10.1. The van der Waals surface area contributed by atoms with Crippen molar-refractivity contribution in [2.75, 3.05) is 6.54 Å². The second-order valence-electron chi connectivity index (χ2n) is 3.58. The first-order valence-corrected chi connectivity index (χ1v) is 4.92. The monoisotopic (exact) mass is 180 g/mol. The summed E-state index contributed by atoms with van der Waals surface area (Å²) in [5.74, 6) is 0.621. The van der Waals surface area contributed by atoms with E-state index < -0.39 is 0 Å². The number of amides is 1. The van der Waals surface area contributed by atoms with Gasteiger partial charge in [-0.15, -0.1) is 0 Å². The van der Waals surface area contributed by atoms with E-state index in [4.69, 9.17) is 5.26 Å². The van der Waals surface area contributed by atoms with E-state index in [0.29, 0.717) is 12.3 Å². The van der Waals surface area contributed by atoms with Crippen LogP contribution in [0.15, 0.2) is 0 Å². The third kappa shape index (κ3) is 2.00. The quantitative estimate of drug-likeness (QED) is 0.661.